The molecule has 2 rings (SSSR count). The highest BCUT2D eigenvalue weighted by Gasteiger charge is 2.13. The molecule has 1 aliphatic heterocycles. The minimum atomic E-state index is 0.162. The van der Waals surface area contributed by atoms with Crippen LogP contribution in [-0.4, -0.2) is 47.6 Å². The highest BCUT2D eigenvalue weighted by atomic mass is 35.5. The molecule has 0 amide bonds. The third-order valence-corrected chi connectivity index (χ3v) is 4.19. The molecule has 1 fully saturated rings. The largest absolute Gasteiger partial charge is 0.506 e. The molecule has 1 aliphatic rings. The molecule has 3 nitrogen and oxygen atoms in total. The number of hydrogen-bond donors (Lipinski definition) is 1. The third kappa shape index (κ3) is 4.65. The van der Waals surface area contributed by atoms with Crippen molar-refractivity contribution in [3.8, 4) is 5.75 Å². The quantitative estimate of drug-likeness (QED) is 0.836. The molecular weight excluding hydrogens is 272 g/mol. The molecule has 1 heterocycles. The van der Waals surface area contributed by atoms with Crippen LogP contribution in [0, 0.1) is 0 Å². The molecule has 0 atom stereocenters. The van der Waals surface area contributed by atoms with Gasteiger partial charge in [-0.3, -0.25) is 4.90 Å². The molecule has 0 radical (unpaired) electrons. The average Bonchev–Trinajstić information content (AvgIpc) is 2.94. The lowest BCUT2D eigenvalue weighted by Gasteiger charge is -2.25. The second kappa shape index (κ2) is 7.87. The number of benzene rings is 1. The first-order valence-electron chi connectivity index (χ1n) is 7.61. The van der Waals surface area contributed by atoms with E-state index in [4.69, 9.17) is 11.6 Å². The predicted molar refractivity (Wildman–Crippen MR) is 84.4 cm³/mol. The van der Waals surface area contributed by atoms with Gasteiger partial charge in [-0.1, -0.05) is 24.6 Å². The van der Waals surface area contributed by atoms with Crippen LogP contribution in [0.4, 0.5) is 0 Å². The van der Waals surface area contributed by atoms with Crippen molar-refractivity contribution in [2.24, 2.45) is 0 Å². The molecule has 4 heteroatoms. The first-order valence-corrected chi connectivity index (χ1v) is 7.99. The molecule has 0 saturated carbocycles. The summed E-state index contributed by atoms with van der Waals surface area (Å²) in [5.74, 6) is 0.162. The van der Waals surface area contributed by atoms with E-state index in [9.17, 15) is 5.11 Å². The van der Waals surface area contributed by atoms with Crippen LogP contribution in [0.3, 0.4) is 0 Å². The van der Waals surface area contributed by atoms with Crippen molar-refractivity contribution in [1.29, 1.82) is 0 Å². The number of nitrogens with zero attached hydrogens (tertiary/aromatic N) is 2. The lowest BCUT2D eigenvalue weighted by Crippen LogP contribution is -2.34. The van der Waals surface area contributed by atoms with E-state index in [0.717, 1.165) is 32.6 Å². The Hall–Kier alpha value is -0.770. The molecule has 112 valence electrons. The van der Waals surface area contributed by atoms with Crippen molar-refractivity contribution in [2.75, 3.05) is 32.7 Å². The Labute approximate surface area is 127 Å². The third-order valence-electron chi connectivity index (χ3n) is 3.89. The van der Waals surface area contributed by atoms with Gasteiger partial charge in [0.05, 0.1) is 5.02 Å². The highest BCUT2D eigenvalue weighted by molar-refractivity contribution is 6.32. The summed E-state index contributed by atoms with van der Waals surface area (Å²) < 4.78 is 0. The van der Waals surface area contributed by atoms with Crippen molar-refractivity contribution >= 4 is 11.6 Å². The van der Waals surface area contributed by atoms with E-state index >= 15 is 0 Å². The average molecular weight is 297 g/mol. The van der Waals surface area contributed by atoms with Crippen LogP contribution >= 0.6 is 11.6 Å². The monoisotopic (exact) mass is 296 g/mol. The number of phenolic OH excluding ortho intramolecular Hbond substituents is 1. The van der Waals surface area contributed by atoms with Gasteiger partial charge in [0.2, 0.25) is 0 Å². The van der Waals surface area contributed by atoms with Crippen LogP contribution < -0.4 is 0 Å². The fourth-order valence-electron chi connectivity index (χ4n) is 2.78. The maximum Gasteiger partial charge on any atom is 0.134 e. The molecule has 0 bridgehead atoms. The Morgan fingerprint density at radius 1 is 1.25 bits per heavy atom. The summed E-state index contributed by atoms with van der Waals surface area (Å²) in [4.78, 5) is 5.02. The summed E-state index contributed by atoms with van der Waals surface area (Å²) in [5.41, 5.74) is 1.17. The van der Waals surface area contributed by atoms with Crippen LogP contribution in [0.25, 0.3) is 0 Å². The topological polar surface area (TPSA) is 26.7 Å². The maximum atomic E-state index is 9.48. The van der Waals surface area contributed by atoms with Crippen LogP contribution in [-0.2, 0) is 6.54 Å². The first-order chi connectivity index (χ1) is 9.69. The molecule has 20 heavy (non-hydrogen) atoms. The number of hydrogen-bond acceptors (Lipinski definition) is 3. The Bertz CT molecular complexity index is 419. The van der Waals surface area contributed by atoms with Crippen molar-refractivity contribution in [3.05, 3.63) is 28.8 Å². The number of aromatic hydroxyl groups is 1. The summed E-state index contributed by atoms with van der Waals surface area (Å²) in [6.07, 6.45) is 3.86. The number of phenols is 1. The lowest BCUT2D eigenvalue weighted by atomic mass is 10.2. The summed E-state index contributed by atoms with van der Waals surface area (Å²) in [5, 5.41) is 9.92. The van der Waals surface area contributed by atoms with E-state index in [-0.39, 0.29) is 5.75 Å². The number of rotatable bonds is 7. The van der Waals surface area contributed by atoms with Crippen molar-refractivity contribution in [2.45, 2.75) is 32.7 Å². The van der Waals surface area contributed by atoms with Crippen LogP contribution in [0.1, 0.15) is 31.7 Å². The van der Waals surface area contributed by atoms with Crippen LogP contribution in [0.5, 0.6) is 5.75 Å². The molecule has 1 aromatic carbocycles. The minimum absolute atomic E-state index is 0.162. The van der Waals surface area contributed by atoms with Gasteiger partial charge >= 0.3 is 0 Å². The van der Waals surface area contributed by atoms with Gasteiger partial charge in [0.1, 0.15) is 5.75 Å². The van der Waals surface area contributed by atoms with Gasteiger partial charge < -0.3 is 10.0 Å². The molecule has 0 aromatic heterocycles. The van der Waals surface area contributed by atoms with Crippen LogP contribution in [0.15, 0.2) is 18.2 Å². The van der Waals surface area contributed by atoms with Crippen molar-refractivity contribution in [1.82, 2.24) is 9.80 Å². The Balaban J connectivity index is 1.88. The molecule has 0 aliphatic carbocycles. The van der Waals surface area contributed by atoms with Crippen molar-refractivity contribution < 1.29 is 5.11 Å². The summed E-state index contributed by atoms with van der Waals surface area (Å²) in [6.45, 7) is 8.99. The summed E-state index contributed by atoms with van der Waals surface area (Å²) in [6, 6.07) is 5.51. The molecule has 0 spiro atoms. The van der Waals surface area contributed by atoms with Gasteiger partial charge in [-0.15, -0.1) is 0 Å². The second-order valence-electron chi connectivity index (χ2n) is 5.61. The summed E-state index contributed by atoms with van der Waals surface area (Å²) in [7, 11) is 0. The second-order valence-corrected chi connectivity index (χ2v) is 6.02. The maximum absolute atomic E-state index is 9.48. The van der Waals surface area contributed by atoms with E-state index in [1.807, 2.05) is 12.1 Å². The fraction of sp³-hybridized carbons (Fsp3) is 0.625. The van der Waals surface area contributed by atoms with E-state index < -0.39 is 0 Å². The Morgan fingerprint density at radius 2 is 2.00 bits per heavy atom. The first kappa shape index (κ1) is 15.6. The zero-order valence-electron chi connectivity index (χ0n) is 12.3. The molecule has 1 saturated heterocycles. The van der Waals surface area contributed by atoms with Gasteiger partial charge in [0.25, 0.3) is 0 Å². The molecular formula is C16H25ClN2O. The van der Waals surface area contributed by atoms with E-state index in [2.05, 4.69) is 16.7 Å². The number of likely N-dealkylation sites (tertiary alicyclic amines) is 1. The van der Waals surface area contributed by atoms with Gasteiger partial charge in [0.15, 0.2) is 0 Å². The van der Waals surface area contributed by atoms with Gasteiger partial charge in [-0.2, -0.15) is 0 Å². The molecule has 1 aromatic rings. The normalized spacial score (nSPS) is 16.1. The van der Waals surface area contributed by atoms with Crippen molar-refractivity contribution in [3.63, 3.8) is 0 Å². The highest BCUT2D eigenvalue weighted by Crippen LogP contribution is 2.24. The Morgan fingerprint density at radius 3 is 2.65 bits per heavy atom. The van der Waals surface area contributed by atoms with Gasteiger partial charge in [0, 0.05) is 19.6 Å². The predicted octanol–water partition coefficient (Wildman–Crippen LogP) is 3.35. The zero-order valence-corrected chi connectivity index (χ0v) is 13.1. The zero-order chi connectivity index (χ0) is 14.4. The lowest BCUT2D eigenvalue weighted by molar-refractivity contribution is 0.218. The smallest absolute Gasteiger partial charge is 0.134 e. The SMILES string of the molecule is CCCN(CCN1CCCC1)Cc1ccc(O)c(Cl)c1. The molecule has 1 N–H and O–H groups in total. The van der Waals surface area contributed by atoms with Crippen LogP contribution in [0.2, 0.25) is 5.02 Å². The minimum Gasteiger partial charge on any atom is -0.506 e. The van der Waals surface area contributed by atoms with E-state index in [1.54, 1.807) is 6.07 Å². The Kier molecular flexibility index (Phi) is 6.14. The van der Waals surface area contributed by atoms with Gasteiger partial charge in [-0.05, 0) is 56.6 Å². The standard InChI is InChI=1S/C16H25ClN2O/c1-2-7-19(11-10-18-8-3-4-9-18)13-14-5-6-16(20)15(17)12-14/h5-6,12,20H,2-4,7-11,13H2,1H3. The fourth-order valence-corrected chi connectivity index (χ4v) is 2.99. The van der Waals surface area contributed by atoms with Gasteiger partial charge in [-0.25, -0.2) is 0 Å². The molecule has 0 unspecified atom stereocenters. The summed E-state index contributed by atoms with van der Waals surface area (Å²) >= 11 is 5.98. The van der Waals surface area contributed by atoms with E-state index in [0.29, 0.717) is 5.02 Å². The number of halogens is 1. The van der Waals surface area contributed by atoms with E-state index in [1.165, 1.54) is 31.5 Å².